The molecule has 0 aliphatic heterocycles. The highest BCUT2D eigenvalue weighted by molar-refractivity contribution is 6.05. The maximum Gasteiger partial charge on any atom is 0.387 e. The van der Waals surface area contributed by atoms with Gasteiger partial charge in [0.2, 0.25) is 0 Å². The summed E-state index contributed by atoms with van der Waals surface area (Å²) >= 11 is 0. The molecular formula is C24H21F3N2O3. The van der Waals surface area contributed by atoms with Crippen LogP contribution in [0, 0.1) is 12.7 Å². The molecule has 166 valence electrons. The van der Waals surface area contributed by atoms with Gasteiger partial charge in [-0.1, -0.05) is 30.3 Å². The minimum absolute atomic E-state index is 0.00734. The lowest BCUT2D eigenvalue weighted by atomic mass is 10.1. The zero-order chi connectivity index (χ0) is 23.3. The molecule has 3 aromatic rings. The fraction of sp³-hybridized carbons (Fsp3) is 0.167. The Morgan fingerprint density at radius 2 is 1.69 bits per heavy atom. The molecule has 0 bridgehead atoms. The Balaban J connectivity index is 1.74. The number of rotatable bonds is 7. The Labute approximate surface area is 183 Å². The lowest BCUT2D eigenvalue weighted by molar-refractivity contribution is -0.0499. The zero-order valence-corrected chi connectivity index (χ0v) is 17.4. The van der Waals surface area contributed by atoms with Gasteiger partial charge in [0.15, 0.2) is 0 Å². The Hall–Kier alpha value is -3.81. The lowest BCUT2D eigenvalue weighted by Gasteiger charge is -2.16. The van der Waals surface area contributed by atoms with Crippen molar-refractivity contribution in [1.82, 2.24) is 5.32 Å². The third-order valence-electron chi connectivity index (χ3n) is 4.80. The van der Waals surface area contributed by atoms with Gasteiger partial charge in [-0.2, -0.15) is 8.78 Å². The topological polar surface area (TPSA) is 67.4 Å². The largest absolute Gasteiger partial charge is 0.435 e. The van der Waals surface area contributed by atoms with Crippen LogP contribution in [-0.2, 0) is 0 Å². The number of carbonyl (C=O) groups is 2. The highest BCUT2D eigenvalue weighted by Crippen LogP contribution is 2.22. The predicted molar refractivity (Wildman–Crippen MR) is 114 cm³/mol. The first kappa shape index (κ1) is 22.9. The van der Waals surface area contributed by atoms with Gasteiger partial charge in [-0.25, -0.2) is 4.39 Å². The van der Waals surface area contributed by atoms with Crippen LogP contribution in [0.3, 0.4) is 0 Å². The fourth-order valence-electron chi connectivity index (χ4n) is 3.06. The van der Waals surface area contributed by atoms with E-state index in [2.05, 4.69) is 15.4 Å². The molecule has 8 heteroatoms. The quantitative estimate of drug-likeness (QED) is 0.509. The van der Waals surface area contributed by atoms with Gasteiger partial charge in [-0.15, -0.1) is 0 Å². The Bertz CT molecular complexity index is 1130. The molecule has 0 aliphatic carbocycles. The minimum atomic E-state index is -2.94. The molecule has 3 aromatic carbocycles. The third-order valence-corrected chi connectivity index (χ3v) is 4.80. The number of halogens is 3. The van der Waals surface area contributed by atoms with Crippen LogP contribution in [0.2, 0.25) is 0 Å². The van der Waals surface area contributed by atoms with E-state index in [9.17, 15) is 22.8 Å². The van der Waals surface area contributed by atoms with Gasteiger partial charge in [0, 0.05) is 11.3 Å². The van der Waals surface area contributed by atoms with E-state index in [1.165, 1.54) is 36.4 Å². The highest BCUT2D eigenvalue weighted by atomic mass is 19.3. The first-order valence-corrected chi connectivity index (χ1v) is 9.76. The average molecular weight is 442 g/mol. The van der Waals surface area contributed by atoms with Gasteiger partial charge >= 0.3 is 6.61 Å². The van der Waals surface area contributed by atoms with Gasteiger partial charge in [0.05, 0.1) is 11.6 Å². The van der Waals surface area contributed by atoms with Crippen molar-refractivity contribution in [2.75, 3.05) is 5.32 Å². The average Bonchev–Trinajstić information content (AvgIpc) is 2.75. The number of hydrogen-bond donors (Lipinski definition) is 2. The molecule has 0 heterocycles. The summed E-state index contributed by atoms with van der Waals surface area (Å²) in [6, 6.07) is 15.9. The molecule has 0 aliphatic rings. The molecule has 32 heavy (non-hydrogen) atoms. The molecule has 0 spiro atoms. The van der Waals surface area contributed by atoms with Crippen molar-refractivity contribution in [3.05, 3.63) is 94.8 Å². The van der Waals surface area contributed by atoms with Crippen LogP contribution in [0.5, 0.6) is 5.75 Å². The number of nitrogens with one attached hydrogen (secondary N) is 2. The van der Waals surface area contributed by atoms with Crippen molar-refractivity contribution < 1.29 is 27.5 Å². The van der Waals surface area contributed by atoms with Crippen molar-refractivity contribution in [2.45, 2.75) is 26.5 Å². The monoisotopic (exact) mass is 442 g/mol. The van der Waals surface area contributed by atoms with Crippen molar-refractivity contribution in [3.63, 3.8) is 0 Å². The van der Waals surface area contributed by atoms with Crippen molar-refractivity contribution in [3.8, 4) is 5.75 Å². The third kappa shape index (κ3) is 5.66. The maximum absolute atomic E-state index is 13.9. The first-order valence-electron chi connectivity index (χ1n) is 9.76. The van der Waals surface area contributed by atoms with Gasteiger partial charge in [-0.3, -0.25) is 9.59 Å². The SMILES string of the molecule is Cc1ccc(C(=O)NC(C)c2cccc(OC(F)F)c2)cc1NC(=O)c1ccccc1F. The van der Waals surface area contributed by atoms with Crippen LogP contribution in [0.25, 0.3) is 0 Å². The van der Waals surface area contributed by atoms with Crippen molar-refractivity contribution in [1.29, 1.82) is 0 Å². The molecule has 0 saturated carbocycles. The summed E-state index contributed by atoms with van der Waals surface area (Å²) in [5, 5.41) is 5.41. The summed E-state index contributed by atoms with van der Waals surface area (Å²) in [5.41, 5.74) is 1.80. The summed E-state index contributed by atoms with van der Waals surface area (Å²) < 4.78 is 43.1. The van der Waals surface area contributed by atoms with Crippen LogP contribution >= 0.6 is 0 Å². The minimum Gasteiger partial charge on any atom is -0.435 e. The van der Waals surface area contributed by atoms with E-state index in [0.29, 0.717) is 16.8 Å². The van der Waals surface area contributed by atoms with E-state index in [-0.39, 0.29) is 16.9 Å². The zero-order valence-electron chi connectivity index (χ0n) is 17.4. The van der Waals surface area contributed by atoms with E-state index in [1.54, 1.807) is 44.2 Å². The first-order chi connectivity index (χ1) is 15.2. The van der Waals surface area contributed by atoms with Crippen LogP contribution in [-0.4, -0.2) is 18.4 Å². The van der Waals surface area contributed by atoms with E-state index < -0.39 is 30.3 Å². The number of anilines is 1. The number of hydrogen-bond acceptors (Lipinski definition) is 3. The summed E-state index contributed by atoms with van der Waals surface area (Å²) in [5.74, 6) is -1.72. The number of amides is 2. The van der Waals surface area contributed by atoms with Crippen LogP contribution in [0.1, 0.15) is 44.8 Å². The summed E-state index contributed by atoms with van der Waals surface area (Å²) in [6.45, 7) is 0.505. The molecule has 0 aromatic heterocycles. The molecular weight excluding hydrogens is 421 g/mol. The number of carbonyl (C=O) groups excluding carboxylic acids is 2. The second-order valence-electron chi connectivity index (χ2n) is 7.11. The van der Waals surface area contributed by atoms with Gasteiger partial charge < -0.3 is 15.4 Å². The van der Waals surface area contributed by atoms with Gasteiger partial charge in [0.25, 0.3) is 11.8 Å². The summed E-state index contributed by atoms with van der Waals surface area (Å²) in [6.07, 6.45) is 0. The van der Waals surface area contributed by atoms with E-state index in [0.717, 1.165) is 0 Å². The van der Waals surface area contributed by atoms with Crippen molar-refractivity contribution in [2.24, 2.45) is 0 Å². The molecule has 0 saturated heterocycles. The fourth-order valence-corrected chi connectivity index (χ4v) is 3.06. The van der Waals surface area contributed by atoms with Gasteiger partial charge in [0.1, 0.15) is 11.6 Å². The van der Waals surface area contributed by atoms with Gasteiger partial charge in [-0.05, 0) is 61.4 Å². The molecule has 3 rings (SSSR count). The Morgan fingerprint density at radius 1 is 0.938 bits per heavy atom. The lowest BCUT2D eigenvalue weighted by Crippen LogP contribution is -2.27. The molecule has 2 N–H and O–H groups in total. The molecule has 1 unspecified atom stereocenters. The van der Waals surface area contributed by atoms with E-state index in [1.807, 2.05) is 0 Å². The number of benzene rings is 3. The van der Waals surface area contributed by atoms with Crippen molar-refractivity contribution >= 4 is 17.5 Å². The number of ether oxygens (including phenoxy) is 1. The number of aryl methyl sites for hydroxylation is 1. The highest BCUT2D eigenvalue weighted by Gasteiger charge is 2.16. The molecule has 0 fully saturated rings. The van der Waals surface area contributed by atoms with E-state index >= 15 is 0 Å². The summed E-state index contributed by atoms with van der Waals surface area (Å²) in [4.78, 5) is 25.2. The normalized spacial score (nSPS) is 11.7. The van der Waals surface area contributed by atoms with Crippen LogP contribution in [0.15, 0.2) is 66.7 Å². The molecule has 1 atom stereocenters. The van der Waals surface area contributed by atoms with Crippen LogP contribution < -0.4 is 15.4 Å². The number of alkyl halides is 2. The maximum atomic E-state index is 13.9. The second kappa shape index (κ2) is 10.00. The Morgan fingerprint density at radius 3 is 2.41 bits per heavy atom. The molecule has 2 amide bonds. The Kier molecular flexibility index (Phi) is 7.14. The second-order valence-corrected chi connectivity index (χ2v) is 7.11. The molecule has 5 nitrogen and oxygen atoms in total. The van der Waals surface area contributed by atoms with E-state index in [4.69, 9.17) is 0 Å². The smallest absolute Gasteiger partial charge is 0.387 e. The van der Waals surface area contributed by atoms with Crippen LogP contribution in [0.4, 0.5) is 18.9 Å². The standard InChI is InChI=1S/C24H21F3N2O3/c1-14-10-11-17(13-21(14)29-23(31)19-8-3-4-9-20(19)25)22(30)28-15(2)16-6-5-7-18(12-16)32-24(26)27/h3-13,15,24H,1-2H3,(H,28,30)(H,29,31). The molecule has 0 radical (unpaired) electrons. The summed E-state index contributed by atoms with van der Waals surface area (Å²) in [7, 11) is 0. The predicted octanol–water partition coefficient (Wildman–Crippen LogP) is 5.48.